The third-order valence-corrected chi connectivity index (χ3v) is 1.66. The monoisotopic (exact) mass is 307 g/mol. The van der Waals surface area contributed by atoms with Crippen LogP contribution in [0.3, 0.4) is 0 Å². The van der Waals surface area contributed by atoms with Crippen LogP contribution in [0.2, 0.25) is 0 Å². The Kier molecular flexibility index (Phi) is 6.95. The summed E-state index contributed by atoms with van der Waals surface area (Å²) in [7, 11) is 0. The molecular weight excluding hydrogens is 293 g/mol. The van der Waals surface area contributed by atoms with Gasteiger partial charge in [-0.15, -0.1) is 0 Å². The van der Waals surface area contributed by atoms with Gasteiger partial charge < -0.3 is 0 Å². The van der Waals surface area contributed by atoms with Crippen molar-refractivity contribution >= 4 is 0 Å². The van der Waals surface area contributed by atoms with Crippen LogP contribution in [-0.4, -0.2) is 0 Å². The van der Waals surface area contributed by atoms with Gasteiger partial charge >= 0.3 is 0 Å². The SMILES string of the molecule is C1=CCCCCCC1.[Au]. The molecule has 9 heavy (non-hydrogen) atoms. The van der Waals surface area contributed by atoms with Crippen molar-refractivity contribution in [2.24, 2.45) is 0 Å². The quantitative estimate of drug-likeness (QED) is 0.477. The summed E-state index contributed by atoms with van der Waals surface area (Å²) in [6, 6.07) is 0. The number of hydrogen-bond donors (Lipinski definition) is 0. The molecule has 0 heterocycles. The van der Waals surface area contributed by atoms with E-state index >= 15 is 0 Å². The molecule has 0 saturated carbocycles. The summed E-state index contributed by atoms with van der Waals surface area (Å²) in [5, 5.41) is 0. The second kappa shape index (κ2) is 6.60. The molecule has 0 aliphatic heterocycles. The van der Waals surface area contributed by atoms with Crippen molar-refractivity contribution in [2.45, 2.75) is 38.5 Å². The van der Waals surface area contributed by atoms with E-state index in [-0.39, 0.29) is 22.4 Å². The van der Waals surface area contributed by atoms with Gasteiger partial charge in [0.2, 0.25) is 0 Å². The van der Waals surface area contributed by atoms with Crippen molar-refractivity contribution in [3.05, 3.63) is 12.2 Å². The molecule has 0 aromatic rings. The van der Waals surface area contributed by atoms with E-state index in [2.05, 4.69) is 12.2 Å². The molecule has 1 radical (unpaired) electrons. The van der Waals surface area contributed by atoms with E-state index in [1.165, 1.54) is 38.5 Å². The predicted molar refractivity (Wildman–Crippen MR) is 36.8 cm³/mol. The van der Waals surface area contributed by atoms with Gasteiger partial charge in [-0.05, 0) is 25.7 Å². The summed E-state index contributed by atoms with van der Waals surface area (Å²) in [4.78, 5) is 0. The van der Waals surface area contributed by atoms with Crippen molar-refractivity contribution in [3.8, 4) is 0 Å². The largest absolute Gasteiger partial charge is 0.0885 e. The van der Waals surface area contributed by atoms with Crippen LogP contribution in [0, 0.1) is 0 Å². The van der Waals surface area contributed by atoms with Crippen LogP contribution < -0.4 is 0 Å². The molecule has 0 N–H and O–H groups in total. The van der Waals surface area contributed by atoms with Crippen molar-refractivity contribution in [1.29, 1.82) is 0 Å². The zero-order valence-corrected chi connectivity index (χ0v) is 7.87. The van der Waals surface area contributed by atoms with Crippen molar-refractivity contribution in [3.63, 3.8) is 0 Å². The molecular formula is C8H14Au. The van der Waals surface area contributed by atoms with Crippen molar-refractivity contribution in [2.75, 3.05) is 0 Å². The van der Waals surface area contributed by atoms with Crippen LogP contribution in [-0.2, 0) is 22.4 Å². The molecule has 0 unspecified atom stereocenters. The third-order valence-electron chi connectivity index (χ3n) is 1.66. The van der Waals surface area contributed by atoms with Gasteiger partial charge in [-0.2, -0.15) is 0 Å². The summed E-state index contributed by atoms with van der Waals surface area (Å²) < 4.78 is 0. The molecule has 0 nitrogen and oxygen atoms in total. The van der Waals surface area contributed by atoms with Crippen LogP contribution in [0.5, 0.6) is 0 Å². The Labute approximate surface area is 73.2 Å². The molecule has 0 saturated heterocycles. The normalized spacial score (nSPS) is 19.6. The van der Waals surface area contributed by atoms with Crippen molar-refractivity contribution in [1.82, 2.24) is 0 Å². The fraction of sp³-hybridized carbons (Fsp3) is 0.750. The molecule has 1 aliphatic rings. The minimum Gasteiger partial charge on any atom is -0.0885 e. The molecule has 57 valence electrons. The van der Waals surface area contributed by atoms with Crippen LogP contribution in [0.4, 0.5) is 0 Å². The molecule has 0 spiro atoms. The van der Waals surface area contributed by atoms with Gasteiger partial charge in [-0.1, -0.05) is 25.0 Å². The molecule has 1 heteroatoms. The zero-order chi connectivity index (χ0) is 5.66. The Hall–Kier alpha value is 0.480. The van der Waals surface area contributed by atoms with Crippen molar-refractivity contribution < 1.29 is 22.4 Å². The van der Waals surface area contributed by atoms with E-state index in [0.717, 1.165) is 0 Å². The number of rotatable bonds is 0. The Morgan fingerprint density at radius 2 is 1.11 bits per heavy atom. The Bertz CT molecular complexity index is 66.6. The van der Waals surface area contributed by atoms with Gasteiger partial charge in [-0.3, -0.25) is 0 Å². The molecule has 0 atom stereocenters. The first kappa shape index (κ1) is 9.48. The van der Waals surface area contributed by atoms with E-state index in [0.29, 0.717) is 0 Å². The summed E-state index contributed by atoms with van der Waals surface area (Å²) in [5.74, 6) is 0. The smallest absolute Gasteiger partial charge is 0 e. The summed E-state index contributed by atoms with van der Waals surface area (Å²) in [6.07, 6.45) is 13.0. The van der Waals surface area contributed by atoms with E-state index in [1.54, 1.807) is 0 Å². The molecule has 1 aliphatic carbocycles. The van der Waals surface area contributed by atoms with E-state index in [4.69, 9.17) is 0 Å². The topological polar surface area (TPSA) is 0 Å². The Morgan fingerprint density at radius 1 is 0.667 bits per heavy atom. The van der Waals surface area contributed by atoms with Gasteiger partial charge in [0.15, 0.2) is 0 Å². The standard InChI is InChI=1S/C8H14.Au/c1-2-4-6-8-7-5-3-1;/h1-2H,3-8H2;. The van der Waals surface area contributed by atoms with Crippen LogP contribution in [0.15, 0.2) is 12.2 Å². The van der Waals surface area contributed by atoms with Gasteiger partial charge in [0.1, 0.15) is 0 Å². The maximum Gasteiger partial charge on any atom is 0 e. The fourth-order valence-corrected chi connectivity index (χ4v) is 1.11. The van der Waals surface area contributed by atoms with Crippen LogP contribution >= 0.6 is 0 Å². The maximum atomic E-state index is 2.32. The number of hydrogen-bond acceptors (Lipinski definition) is 0. The summed E-state index contributed by atoms with van der Waals surface area (Å²) in [6.45, 7) is 0. The number of allylic oxidation sites excluding steroid dienone is 2. The average Bonchev–Trinajstić information content (AvgIpc) is 1.62. The van der Waals surface area contributed by atoms with Gasteiger partial charge in [-0.25, -0.2) is 0 Å². The van der Waals surface area contributed by atoms with Gasteiger partial charge in [0.25, 0.3) is 0 Å². The molecule has 0 amide bonds. The minimum atomic E-state index is 0. The van der Waals surface area contributed by atoms with Crippen LogP contribution in [0.25, 0.3) is 0 Å². The van der Waals surface area contributed by atoms with E-state index in [9.17, 15) is 0 Å². The van der Waals surface area contributed by atoms with E-state index < -0.39 is 0 Å². The van der Waals surface area contributed by atoms with Crippen LogP contribution in [0.1, 0.15) is 38.5 Å². The molecule has 0 aromatic heterocycles. The first-order valence-electron chi connectivity index (χ1n) is 3.65. The Morgan fingerprint density at radius 3 is 1.56 bits per heavy atom. The first-order valence-corrected chi connectivity index (χ1v) is 3.65. The fourth-order valence-electron chi connectivity index (χ4n) is 1.11. The molecule has 0 fully saturated rings. The second-order valence-corrected chi connectivity index (χ2v) is 2.46. The Balaban J connectivity index is 0.000000640. The minimum absolute atomic E-state index is 0. The third kappa shape index (κ3) is 4.95. The van der Waals surface area contributed by atoms with Gasteiger partial charge in [0.05, 0.1) is 0 Å². The second-order valence-electron chi connectivity index (χ2n) is 2.46. The van der Waals surface area contributed by atoms with E-state index in [1.807, 2.05) is 0 Å². The summed E-state index contributed by atoms with van der Waals surface area (Å²) >= 11 is 0. The zero-order valence-electron chi connectivity index (χ0n) is 5.70. The maximum absolute atomic E-state index is 2.32. The average molecular weight is 307 g/mol. The predicted octanol–water partition coefficient (Wildman–Crippen LogP) is 2.89. The van der Waals surface area contributed by atoms with Gasteiger partial charge in [0, 0.05) is 22.4 Å². The molecule has 1 rings (SSSR count). The first-order chi connectivity index (χ1) is 4.00. The summed E-state index contributed by atoms with van der Waals surface area (Å²) in [5.41, 5.74) is 0. The molecule has 0 aromatic carbocycles. The molecule has 0 bridgehead atoms.